The molecule has 0 bridgehead atoms. The van der Waals surface area contributed by atoms with Gasteiger partial charge in [-0.2, -0.15) is 0 Å². The van der Waals surface area contributed by atoms with Crippen molar-refractivity contribution in [3.63, 3.8) is 0 Å². The van der Waals surface area contributed by atoms with E-state index in [1.807, 2.05) is 0 Å². The van der Waals surface area contributed by atoms with E-state index < -0.39 is 0 Å². The molecule has 0 aromatic heterocycles. The maximum atomic E-state index is 8.82. The van der Waals surface area contributed by atoms with Gasteiger partial charge in [0.25, 0.3) is 0 Å². The first kappa shape index (κ1) is 14.9. The summed E-state index contributed by atoms with van der Waals surface area (Å²) in [5.74, 6) is 0.837. The van der Waals surface area contributed by atoms with Gasteiger partial charge in [0.1, 0.15) is 0 Å². The van der Waals surface area contributed by atoms with Crippen LogP contribution in [0.1, 0.15) is 46.5 Å². The minimum absolute atomic E-state index is 0.298. The Hall–Kier alpha value is -0.120. The standard InChI is InChI=1S/C14H30N2O/c1-4-12(3)16-10-13(5-2)9-14(11-16)15-7-6-8-17/h12-15,17H,4-11H2,1-3H3. The zero-order valence-electron chi connectivity index (χ0n) is 11.8. The van der Waals surface area contributed by atoms with Crippen LogP contribution in [0.25, 0.3) is 0 Å². The SMILES string of the molecule is CCC1CC(NCCCO)CN(C(C)CC)C1. The lowest BCUT2D eigenvalue weighted by Crippen LogP contribution is -2.52. The van der Waals surface area contributed by atoms with E-state index in [-0.39, 0.29) is 0 Å². The van der Waals surface area contributed by atoms with E-state index in [9.17, 15) is 0 Å². The Kier molecular flexibility index (Phi) is 7.09. The Morgan fingerprint density at radius 2 is 2.12 bits per heavy atom. The number of hydrogen-bond donors (Lipinski definition) is 2. The van der Waals surface area contributed by atoms with Crippen LogP contribution in [0.5, 0.6) is 0 Å². The molecule has 2 N–H and O–H groups in total. The summed E-state index contributed by atoms with van der Waals surface area (Å²) in [5, 5.41) is 12.4. The van der Waals surface area contributed by atoms with Crippen molar-refractivity contribution in [2.45, 2.75) is 58.5 Å². The highest BCUT2D eigenvalue weighted by Crippen LogP contribution is 2.22. The van der Waals surface area contributed by atoms with Crippen molar-refractivity contribution >= 4 is 0 Å². The molecule has 3 nitrogen and oxygen atoms in total. The first-order chi connectivity index (χ1) is 8.21. The Labute approximate surface area is 107 Å². The third kappa shape index (κ3) is 4.94. The van der Waals surface area contributed by atoms with Gasteiger partial charge in [-0.1, -0.05) is 20.3 Å². The minimum atomic E-state index is 0.298. The molecule has 3 heteroatoms. The molecule has 17 heavy (non-hydrogen) atoms. The van der Waals surface area contributed by atoms with Crippen LogP contribution in [0.4, 0.5) is 0 Å². The van der Waals surface area contributed by atoms with E-state index >= 15 is 0 Å². The Morgan fingerprint density at radius 3 is 2.71 bits per heavy atom. The molecule has 0 aromatic carbocycles. The molecule has 0 aliphatic carbocycles. The summed E-state index contributed by atoms with van der Waals surface area (Å²) in [7, 11) is 0. The highest BCUT2D eigenvalue weighted by molar-refractivity contribution is 4.85. The van der Waals surface area contributed by atoms with Crippen molar-refractivity contribution in [3.05, 3.63) is 0 Å². The van der Waals surface area contributed by atoms with E-state index in [1.54, 1.807) is 0 Å². The monoisotopic (exact) mass is 242 g/mol. The van der Waals surface area contributed by atoms with Crippen molar-refractivity contribution in [1.29, 1.82) is 0 Å². The molecule has 3 atom stereocenters. The molecule has 0 radical (unpaired) electrons. The normalized spacial score (nSPS) is 28.2. The van der Waals surface area contributed by atoms with Crippen LogP contribution in [-0.2, 0) is 0 Å². The van der Waals surface area contributed by atoms with Crippen LogP contribution in [0.15, 0.2) is 0 Å². The predicted octanol–water partition coefficient (Wildman–Crippen LogP) is 1.86. The molecular weight excluding hydrogens is 212 g/mol. The molecule has 1 saturated heterocycles. The van der Waals surface area contributed by atoms with Crippen molar-refractivity contribution in [2.75, 3.05) is 26.2 Å². The number of piperidine rings is 1. The number of nitrogens with one attached hydrogen (secondary N) is 1. The van der Waals surface area contributed by atoms with Gasteiger partial charge in [-0.05, 0) is 38.6 Å². The number of aliphatic hydroxyl groups is 1. The van der Waals surface area contributed by atoms with E-state index in [0.29, 0.717) is 18.7 Å². The predicted molar refractivity (Wildman–Crippen MR) is 73.2 cm³/mol. The van der Waals surface area contributed by atoms with Crippen LogP contribution in [-0.4, -0.2) is 48.3 Å². The van der Waals surface area contributed by atoms with Crippen LogP contribution < -0.4 is 5.32 Å². The van der Waals surface area contributed by atoms with E-state index in [4.69, 9.17) is 5.11 Å². The smallest absolute Gasteiger partial charge is 0.0443 e. The zero-order chi connectivity index (χ0) is 12.7. The number of rotatable bonds is 7. The van der Waals surface area contributed by atoms with Gasteiger partial charge in [0.2, 0.25) is 0 Å². The van der Waals surface area contributed by atoms with Gasteiger partial charge in [-0.15, -0.1) is 0 Å². The van der Waals surface area contributed by atoms with Gasteiger partial charge >= 0.3 is 0 Å². The zero-order valence-corrected chi connectivity index (χ0v) is 11.8. The second-order valence-electron chi connectivity index (χ2n) is 5.45. The molecule has 1 rings (SSSR count). The molecule has 1 aliphatic heterocycles. The van der Waals surface area contributed by atoms with Gasteiger partial charge < -0.3 is 10.4 Å². The molecule has 102 valence electrons. The first-order valence-electron chi connectivity index (χ1n) is 7.29. The third-order valence-electron chi connectivity index (χ3n) is 4.12. The Morgan fingerprint density at radius 1 is 1.35 bits per heavy atom. The maximum absolute atomic E-state index is 8.82. The van der Waals surface area contributed by atoms with Gasteiger partial charge in [0.15, 0.2) is 0 Å². The van der Waals surface area contributed by atoms with Gasteiger partial charge in [0.05, 0.1) is 0 Å². The quantitative estimate of drug-likeness (QED) is 0.669. The van der Waals surface area contributed by atoms with Gasteiger partial charge in [0, 0.05) is 31.8 Å². The highest BCUT2D eigenvalue weighted by atomic mass is 16.3. The molecule has 0 amide bonds. The molecule has 0 spiro atoms. The lowest BCUT2D eigenvalue weighted by Gasteiger charge is -2.41. The summed E-state index contributed by atoms with van der Waals surface area (Å²) in [6.45, 7) is 10.6. The third-order valence-corrected chi connectivity index (χ3v) is 4.12. The molecule has 1 fully saturated rings. The Bertz CT molecular complexity index is 199. The minimum Gasteiger partial charge on any atom is -0.396 e. The van der Waals surface area contributed by atoms with Gasteiger partial charge in [-0.3, -0.25) is 4.90 Å². The molecule has 1 heterocycles. The summed E-state index contributed by atoms with van der Waals surface area (Å²) in [6, 6.07) is 1.32. The number of hydrogen-bond acceptors (Lipinski definition) is 3. The second kappa shape index (κ2) is 8.06. The summed E-state index contributed by atoms with van der Waals surface area (Å²) in [4.78, 5) is 2.63. The van der Waals surface area contributed by atoms with E-state index in [2.05, 4.69) is 31.0 Å². The number of nitrogens with zero attached hydrogens (tertiary/aromatic N) is 1. The highest BCUT2D eigenvalue weighted by Gasteiger charge is 2.27. The van der Waals surface area contributed by atoms with Crippen molar-refractivity contribution in [1.82, 2.24) is 10.2 Å². The maximum Gasteiger partial charge on any atom is 0.0443 e. The summed E-state index contributed by atoms with van der Waals surface area (Å²) in [6.07, 6.45) is 4.69. The summed E-state index contributed by atoms with van der Waals surface area (Å²) < 4.78 is 0. The molecule has 3 unspecified atom stereocenters. The van der Waals surface area contributed by atoms with Crippen molar-refractivity contribution < 1.29 is 5.11 Å². The number of aliphatic hydroxyl groups excluding tert-OH is 1. The lowest BCUT2D eigenvalue weighted by atomic mass is 9.91. The lowest BCUT2D eigenvalue weighted by molar-refractivity contribution is 0.0998. The summed E-state index contributed by atoms with van der Waals surface area (Å²) >= 11 is 0. The van der Waals surface area contributed by atoms with Crippen LogP contribution >= 0.6 is 0 Å². The van der Waals surface area contributed by atoms with Crippen LogP contribution in [0.2, 0.25) is 0 Å². The first-order valence-corrected chi connectivity index (χ1v) is 7.29. The fraction of sp³-hybridized carbons (Fsp3) is 1.00. The van der Waals surface area contributed by atoms with Gasteiger partial charge in [-0.25, -0.2) is 0 Å². The van der Waals surface area contributed by atoms with Crippen LogP contribution in [0, 0.1) is 5.92 Å². The van der Waals surface area contributed by atoms with E-state index in [1.165, 1.54) is 32.4 Å². The molecular formula is C14H30N2O. The molecule has 1 aliphatic rings. The average molecular weight is 242 g/mol. The van der Waals surface area contributed by atoms with E-state index in [0.717, 1.165) is 18.9 Å². The molecule has 0 aromatic rings. The molecule has 0 saturated carbocycles. The second-order valence-corrected chi connectivity index (χ2v) is 5.45. The largest absolute Gasteiger partial charge is 0.396 e. The van der Waals surface area contributed by atoms with Crippen molar-refractivity contribution in [3.8, 4) is 0 Å². The van der Waals surface area contributed by atoms with Crippen LogP contribution in [0.3, 0.4) is 0 Å². The summed E-state index contributed by atoms with van der Waals surface area (Å²) in [5.41, 5.74) is 0. The Balaban J connectivity index is 2.42. The fourth-order valence-electron chi connectivity index (χ4n) is 2.69. The van der Waals surface area contributed by atoms with Crippen molar-refractivity contribution in [2.24, 2.45) is 5.92 Å². The fourth-order valence-corrected chi connectivity index (χ4v) is 2.69. The average Bonchev–Trinajstić information content (AvgIpc) is 2.37. The topological polar surface area (TPSA) is 35.5 Å². The number of likely N-dealkylation sites (tertiary alicyclic amines) is 1.